The number of hydrogen-bond donors (Lipinski definition) is 1. The molecule has 7 heteroatoms. The Bertz CT molecular complexity index is 467. The van der Waals surface area contributed by atoms with Crippen molar-refractivity contribution in [2.24, 2.45) is 11.8 Å². The van der Waals surface area contributed by atoms with E-state index >= 15 is 0 Å². The van der Waals surface area contributed by atoms with Crippen LogP contribution in [0.5, 0.6) is 0 Å². The summed E-state index contributed by atoms with van der Waals surface area (Å²) in [5, 5.41) is -1.33. The van der Waals surface area contributed by atoms with Crippen LogP contribution in [-0.2, 0) is 23.9 Å². The molecule has 0 rings (SSSR count). The monoisotopic (exact) mass is 407 g/mol. The molecule has 0 aromatic heterocycles. The first-order chi connectivity index (χ1) is 12.9. The van der Waals surface area contributed by atoms with E-state index in [4.69, 9.17) is 10.6 Å². The molecule has 0 saturated heterocycles. The van der Waals surface area contributed by atoms with E-state index in [0.29, 0.717) is 6.42 Å². The molecule has 27 heavy (non-hydrogen) atoms. The molecule has 0 aliphatic rings. The Morgan fingerprint density at radius 1 is 0.852 bits per heavy atom. The molecule has 0 radical (unpaired) electrons. The first-order valence-electron chi connectivity index (χ1n) is 10.7. The third kappa shape index (κ3) is 12.4. The molecular formula is C20H41NO5S. The fourth-order valence-corrected chi connectivity index (χ4v) is 3.99. The van der Waals surface area contributed by atoms with Crippen LogP contribution in [-0.4, -0.2) is 26.2 Å². The van der Waals surface area contributed by atoms with E-state index in [1.807, 2.05) is 6.92 Å². The smallest absolute Gasteiger partial charge is 0.326 e. The summed E-state index contributed by atoms with van der Waals surface area (Å²) in [5.41, 5.74) is 0. The van der Waals surface area contributed by atoms with E-state index in [2.05, 4.69) is 18.1 Å². The highest BCUT2D eigenvalue weighted by atomic mass is 32.2. The van der Waals surface area contributed by atoms with Gasteiger partial charge in [-0.1, -0.05) is 91.4 Å². The lowest BCUT2D eigenvalue weighted by Crippen LogP contribution is -2.35. The summed E-state index contributed by atoms with van der Waals surface area (Å²) in [7, 11) is -4.13. The van der Waals surface area contributed by atoms with Crippen molar-refractivity contribution in [3.8, 4) is 0 Å². The molecule has 0 aromatic rings. The van der Waals surface area contributed by atoms with Crippen LogP contribution in [0.2, 0.25) is 0 Å². The summed E-state index contributed by atoms with van der Waals surface area (Å²) in [6.07, 6.45) is 12.9. The lowest BCUT2D eigenvalue weighted by molar-refractivity contribution is -0.145. The highest BCUT2D eigenvalue weighted by Crippen LogP contribution is 2.18. The van der Waals surface area contributed by atoms with Crippen LogP contribution >= 0.6 is 0 Å². The minimum Gasteiger partial charge on any atom is -0.464 e. The van der Waals surface area contributed by atoms with Gasteiger partial charge in [-0.05, 0) is 18.8 Å². The zero-order valence-electron chi connectivity index (χ0n) is 17.6. The molecular weight excluding hydrogens is 366 g/mol. The van der Waals surface area contributed by atoms with Gasteiger partial charge in [0.25, 0.3) is 10.1 Å². The molecule has 0 amide bonds. The second-order valence-corrected chi connectivity index (χ2v) is 9.13. The number of ether oxygens (including phenoxy) is 1. The van der Waals surface area contributed by atoms with E-state index < -0.39 is 21.3 Å². The predicted octanol–water partition coefficient (Wildman–Crippen LogP) is 4.87. The molecule has 162 valence electrons. The van der Waals surface area contributed by atoms with Gasteiger partial charge in [0.2, 0.25) is 0 Å². The molecule has 0 aromatic carbocycles. The van der Waals surface area contributed by atoms with E-state index in [0.717, 1.165) is 44.9 Å². The van der Waals surface area contributed by atoms with Crippen molar-refractivity contribution in [2.45, 2.75) is 109 Å². The molecule has 2 unspecified atom stereocenters. The van der Waals surface area contributed by atoms with Gasteiger partial charge in [0.15, 0.2) is 5.25 Å². The minimum absolute atomic E-state index is 0.194. The maximum absolute atomic E-state index is 12.3. The molecule has 2 N–H and O–H groups in total. The number of hydrogen-bond acceptors (Lipinski definition) is 6. The molecule has 0 saturated carbocycles. The van der Waals surface area contributed by atoms with Crippen LogP contribution in [0.1, 0.15) is 104 Å². The van der Waals surface area contributed by atoms with Crippen molar-refractivity contribution in [3.63, 3.8) is 0 Å². The first-order valence-corrected chi connectivity index (χ1v) is 12.2. The largest absolute Gasteiger partial charge is 0.464 e. The summed E-state index contributed by atoms with van der Waals surface area (Å²) >= 11 is 0. The van der Waals surface area contributed by atoms with Crippen molar-refractivity contribution in [2.75, 3.05) is 6.61 Å². The minimum atomic E-state index is -4.13. The molecule has 6 nitrogen and oxygen atoms in total. The summed E-state index contributed by atoms with van der Waals surface area (Å²) in [4.78, 5) is 12.3. The summed E-state index contributed by atoms with van der Waals surface area (Å²) in [5.74, 6) is 4.42. The summed E-state index contributed by atoms with van der Waals surface area (Å²) < 4.78 is 33.5. The Labute approximate surface area is 166 Å². The van der Waals surface area contributed by atoms with Gasteiger partial charge < -0.3 is 4.74 Å². The van der Waals surface area contributed by atoms with Crippen molar-refractivity contribution in [1.29, 1.82) is 0 Å². The van der Waals surface area contributed by atoms with Gasteiger partial charge in [-0.3, -0.25) is 4.79 Å². The average molecular weight is 408 g/mol. The Hall–Kier alpha value is -0.660. The number of carbonyl (C=O) groups excluding carboxylic acids is 1. The molecule has 0 aliphatic heterocycles. The third-order valence-corrected chi connectivity index (χ3v) is 6.46. The molecule has 0 heterocycles. The predicted molar refractivity (Wildman–Crippen MR) is 109 cm³/mol. The number of unbranched alkanes of at least 4 members (excludes halogenated alkanes) is 8. The van der Waals surface area contributed by atoms with Crippen LogP contribution in [0.15, 0.2) is 0 Å². The lowest BCUT2D eigenvalue weighted by Gasteiger charge is -2.18. The SMILES string of the molecule is CCCCCCCCCCC(C(=O)OCC(CC)CCCC)S(=O)(=O)ON. The van der Waals surface area contributed by atoms with Crippen molar-refractivity contribution >= 4 is 16.1 Å². The normalized spacial score (nSPS) is 14.1. The molecule has 0 bridgehead atoms. The van der Waals surface area contributed by atoms with Crippen molar-refractivity contribution in [1.82, 2.24) is 0 Å². The van der Waals surface area contributed by atoms with Gasteiger partial charge in [0, 0.05) is 0 Å². The molecule has 2 atom stereocenters. The second kappa shape index (κ2) is 16.3. The van der Waals surface area contributed by atoms with Crippen LogP contribution in [0.3, 0.4) is 0 Å². The van der Waals surface area contributed by atoms with Crippen LogP contribution in [0, 0.1) is 5.92 Å². The summed E-state index contributed by atoms with van der Waals surface area (Å²) in [6.45, 7) is 6.60. The van der Waals surface area contributed by atoms with Gasteiger partial charge >= 0.3 is 5.97 Å². The molecule has 0 fully saturated rings. The Balaban J connectivity index is 4.41. The van der Waals surface area contributed by atoms with Crippen molar-refractivity contribution in [3.05, 3.63) is 0 Å². The van der Waals surface area contributed by atoms with E-state index in [-0.39, 0.29) is 18.9 Å². The van der Waals surface area contributed by atoms with E-state index in [9.17, 15) is 13.2 Å². The Morgan fingerprint density at radius 3 is 1.93 bits per heavy atom. The molecule has 0 spiro atoms. The highest BCUT2D eigenvalue weighted by molar-refractivity contribution is 7.88. The standard InChI is InChI=1S/C20H41NO5S/c1-4-7-9-10-11-12-13-14-16-19(27(23,24)26-21)20(22)25-17-18(6-3)15-8-5-2/h18-19H,4-17,21H2,1-3H3. The Kier molecular flexibility index (Phi) is 15.9. The van der Waals surface area contributed by atoms with Gasteiger partial charge in [0.05, 0.1) is 6.61 Å². The second-order valence-electron chi connectivity index (χ2n) is 7.39. The van der Waals surface area contributed by atoms with Gasteiger partial charge in [-0.15, -0.1) is 0 Å². The van der Waals surface area contributed by atoms with E-state index in [1.54, 1.807) is 0 Å². The lowest BCUT2D eigenvalue weighted by atomic mass is 10.0. The van der Waals surface area contributed by atoms with Crippen molar-refractivity contribution < 1.29 is 22.2 Å². The fourth-order valence-electron chi connectivity index (χ4n) is 3.10. The maximum Gasteiger partial charge on any atom is 0.326 e. The van der Waals surface area contributed by atoms with E-state index in [1.165, 1.54) is 25.7 Å². The number of rotatable bonds is 18. The van der Waals surface area contributed by atoms with Crippen LogP contribution < -0.4 is 5.90 Å². The summed E-state index contributed by atoms with van der Waals surface area (Å²) in [6, 6.07) is 0. The first kappa shape index (κ1) is 26.3. The fraction of sp³-hybridized carbons (Fsp3) is 0.950. The topological polar surface area (TPSA) is 95.7 Å². The number of nitrogens with two attached hydrogens (primary N) is 1. The number of carbonyl (C=O) groups is 1. The van der Waals surface area contributed by atoms with Gasteiger partial charge in [-0.2, -0.15) is 18.6 Å². The van der Waals surface area contributed by atoms with Crippen LogP contribution in [0.25, 0.3) is 0 Å². The zero-order chi connectivity index (χ0) is 20.5. The zero-order valence-corrected chi connectivity index (χ0v) is 18.4. The quantitative estimate of drug-likeness (QED) is 0.198. The van der Waals surface area contributed by atoms with Crippen LogP contribution in [0.4, 0.5) is 0 Å². The molecule has 0 aliphatic carbocycles. The maximum atomic E-state index is 12.3. The average Bonchev–Trinajstić information content (AvgIpc) is 2.66. The van der Waals surface area contributed by atoms with Gasteiger partial charge in [0.1, 0.15) is 0 Å². The number of esters is 1. The third-order valence-electron chi connectivity index (χ3n) is 5.07. The highest BCUT2D eigenvalue weighted by Gasteiger charge is 2.34. The van der Waals surface area contributed by atoms with Gasteiger partial charge in [-0.25, -0.2) is 0 Å². The Morgan fingerprint density at radius 2 is 1.41 bits per heavy atom.